The molecule has 1 amide bonds. The molecule has 0 unspecified atom stereocenters. The molecule has 1 aromatic carbocycles. The summed E-state index contributed by atoms with van der Waals surface area (Å²) >= 11 is 5.54. The van der Waals surface area contributed by atoms with Gasteiger partial charge in [-0.1, -0.05) is 12.1 Å². The summed E-state index contributed by atoms with van der Waals surface area (Å²) in [5.74, 6) is 0.118. The number of alkyl halides is 1. The Hall–Kier alpha value is -2.07. The highest BCUT2D eigenvalue weighted by molar-refractivity contribution is 6.17. The van der Waals surface area contributed by atoms with Crippen molar-refractivity contribution in [1.82, 2.24) is 5.32 Å². The maximum Gasteiger partial charge on any atom is 0.262 e. The fraction of sp³-hybridized carbons (Fsp3) is 0.444. The first-order valence-electron chi connectivity index (χ1n) is 8.08. The number of nitriles is 1. The molecule has 0 bridgehead atoms. The molecule has 136 valence electrons. The van der Waals surface area contributed by atoms with E-state index in [2.05, 4.69) is 5.32 Å². The second-order valence-corrected chi connectivity index (χ2v) is 5.70. The van der Waals surface area contributed by atoms with E-state index in [-0.39, 0.29) is 12.2 Å². The number of rotatable bonds is 11. The molecule has 0 saturated heterocycles. The van der Waals surface area contributed by atoms with Crippen LogP contribution in [0, 0.1) is 11.3 Å². The molecule has 0 saturated carbocycles. The van der Waals surface area contributed by atoms with E-state index in [4.69, 9.17) is 21.4 Å². The predicted molar refractivity (Wildman–Crippen MR) is 99.6 cm³/mol. The van der Waals surface area contributed by atoms with Crippen molar-refractivity contribution in [3.63, 3.8) is 0 Å². The summed E-state index contributed by atoms with van der Waals surface area (Å²) in [6.45, 7) is 1.89. The number of hydrogen-bond acceptors (Lipinski definition) is 5. The summed E-state index contributed by atoms with van der Waals surface area (Å²) in [6, 6.07) is 9.31. The average Bonchev–Trinajstić information content (AvgIpc) is 2.63. The minimum absolute atomic E-state index is 0.0391. The zero-order chi connectivity index (χ0) is 18.5. The first-order chi connectivity index (χ1) is 12.1. The number of halogens is 1. The standard InChI is InChI=1S/C18H24ClN3O3/c1-22(9-10-23)17-5-3-15(4-6-17)13-16(14-20)18(24)21-8-12-25-11-2-7-19/h3-6,13,23H,2,7-12H2,1H3,(H,21,24)/b16-13+. The van der Waals surface area contributed by atoms with Crippen LogP contribution < -0.4 is 10.2 Å². The van der Waals surface area contributed by atoms with Gasteiger partial charge in [-0.25, -0.2) is 0 Å². The highest BCUT2D eigenvalue weighted by Gasteiger charge is 2.08. The first kappa shape index (κ1) is 21.0. The largest absolute Gasteiger partial charge is 0.395 e. The number of carbonyl (C=O) groups excluding carboxylic acids is 1. The van der Waals surface area contributed by atoms with Gasteiger partial charge in [0.1, 0.15) is 11.6 Å². The number of aliphatic hydroxyl groups excluding tert-OH is 1. The van der Waals surface area contributed by atoms with Crippen LogP contribution in [0.4, 0.5) is 5.69 Å². The van der Waals surface area contributed by atoms with Gasteiger partial charge in [-0.2, -0.15) is 5.26 Å². The van der Waals surface area contributed by atoms with Crippen LogP contribution in [0.5, 0.6) is 0 Å². The van der Waals surface area contributed by atoms with Crippen molar-refractivity contribution in [3.8, 4) is 6.07 Å². The van der Waals surface area contributed by atoms with E-state index in [1.165, 1.54) is 0 Å². The average molecular weight is 366 g/mol. The number of carbonyl (C=O) groups is 1. The molecule has 0 aliphatic carbocycles. The van der Waals surface area contributed by atoms with Gasteiger partial charge in [0.05, 0.1) is 13.2 Å². The molecule has 0 aliphatic heterocycles. The lowest BCUT2D eigenvalue weighted by atomic mass is 10.1. The van der Waals surface area contributed by atoms with Crippen molar-refractivity contribution in [1.29, 1.82) is 5.26 Å². The lowest BCUT2D eigenvalue weighted by Crippen LogP contribution is -2.28. The number of benzene rings is 1. The Bertz CT molecular complexity index is 597. The Morgan fingerprint density at radius 1 is 1.40 bits per heavy atom. The van der Waals surface area contributed by atoms with Crippen LogP contribution in [-0.2, 0) is 9.53 Å². The van der Waals surface area contributed by atoms with Gasteiger partial charge in [-0.15, -0.1) is 11.6 Å². The molecule has 25 heavy (non-hydrogen) atoms. The van der Waals surface area contributed by atoms with Crippen LogP contribution in [0.3, 0.4) is 0 Å². The van der Waals surface area contributed by atoms with Crippen molar-refractivity contribution in [2.24, 2.45) is 0 Å². The highest BCUT2D eigenvalue weighted by Crippen LogP contribution is 2.15. The fourth-order valence-corrected chi connectivity index (χ4v) is 2.12. The van der Waals surface area contributed by atoms with Crippen molar-refractivity contribution < 1.29 is 14.6 Å². The molecular weight excluding hydrogens is 342 g/mol. The smallest absolute Gasteiger partial charge is 0.262 e. The van der Waals surface area contributed by atoms with Crippen LogP contribution >= 0.6 is 11.6 Å². The lowest BCUT2D eigenvalue weighted by Gasteiger charge is -2.17. The van der Waals surface area contributed by atoms with Crippen molar-refractivity contribution in [2.45, 2.75) is 6.42 Å². The number of amides is 1. The number of nitrogens with zero attached hydrogens (tertiary/aromatic N) is 2. The minimum Gasteiger partial charge on any atom is -0.395 e. The normalized spacial score (nSPS) is 11.0. The Labute approximate surface area is 153 Å². The van der Waals surface area contributed by atoms with E-state index in [1.807, 2.05) is 42.3 Å². The molecule has 0 aromatic heterocycles. The minimum atomic E-state index is -0.426. The monoisotopic (exact) mass is 365 g/mol. The summed E-state index contributed by atoms with van der Waals surface area (Å²) in [5.41, 5.74) is 1.74. The third kappa shape index (κ3) is 8.03. The van der Waals surface area contributed by atoms with Gasteiger partial charge >= 0.3 is 0 Å². The van der Waals surface area contributed by atoms with E-state index in [1.54, 1.807) is 6.08 Å². The van der Waals surface area contributed by atoms with E-state index in [9.17, 15) is 10.1 Å². The zero-order valence-corrected chi connectivity index (χ0v) is 15.1. The molecule has 1 aromatic rings. The first-order valence-corrected chi connectivity index (χ1v) is 8.61. The maximum absolute atomic E-state index is 12.0. The van der Waals surface area contributed by atoms with Crippen molar-refractivity contribution in [3.05, 3.63) is 35.4 Å². The fourth-order valence-electron chi connectivity index (χ4n) is 2.01. The molecule has 2 N–H and O–H groups in total. The van der Waals surface area contributed by atoms with Crippen LogP contribution in [0.15, 0.2) is 29.8 Å². The third-order valence-electron chi connectivity index (χ3n) is 3.40. The van der Waals surface area contributed by atoms with Crippen LogP contribution in [0.25, 0.3) is 6.08 Å². The zero-order valence-electron chi connectivity index (χ0n) is 14.4. The summed E-state index contributed by atoms with van der Waals surface area (Å²) in [7, 11) is 1.88. The summed E-state index contributed by atoms with van der Waals surface area (Å²) in [4.78, 5) is 13.9. The summed E-state index contributed by atoms with van der Waals surface area (Å²) in [6.07, 6.45) is 2.31. The van der Waals surface area contributed by atoms with Crippen LogP contribution in [0.1, 0.15) is 12.0 Å². The quantitative estimate of drug-likeness (QED) is 0.270. The van der Waals surface area contributed by atoms with E-state index in [0.717, 1.165) is 17.7 Å². The Morgan fingerprint density at radius 3 is 2.72 bits per heavy atom. The Morgan fingerprint density at radius 2 is 2.12 bits per heavy atom. The molecule has 0 fully saturated rings. The van der Waals surface area contributed by atoms with E-state index >= 15 is 0 Å². The third-order valence-corrected chi connectivity index (χ3v) is 3.67. The van der Waals surface area contributed by atoms with Crippen molar-refractivity contribution >= 4 is 29.3 Å². The Kier molecular flexibility index (Phi) is 10.3. The number of likely N-dealkylation sites (N-methyl/N-ethyl adjacent to an activating group) is 1. The SMILES string of the molecule is CN(CCO)c1ccc(/C=C(\C#N)C(=O)NCCOCCCCl)cc1. The van der Waals surface area contributed by atoms with Gasteiger partial charge in [0, 0.05) is 38.3 Å². The molecule has 6 nitrogen and oxygen atoms in total. The molecular formula is C18H24ClN3O3. The molecule has 0 heterocycles. The number of anilines is 1. The van der Waals surface area contributed by atoms with Gasteiger partial charge in [0.25, 0.3) is 5.91 Å². The summed E-state index contributed by atoms with van der Waals surface area (Å²) < 4.78 is 5.29. The Balaban J connectivity index is 2.57. The number of ether oxygens (including phenoxy) is 1. The van der Waals surface area contributed by atoms with Crippen LogP contribution in [0.2, 0.25) is 0 Å². The van der Waals surface area contributed by atoms with E-state index < -0.39 is 5.91 Å². The molecule has 0 spiro atoms. The molecule has 0 atom stereocenters. The second kappa shape index (κ2) is 12.3. The van der Waals surface area contributed by atoms with Gasteiger partial charge < -0.3 is 20.1 Å². The molecule has 0 aliphatic rings. The second-order valence-electron chi connectivity index (χ2n) is 5.32. The maximum atomic E-state index is 12.0. The predicted octanol–water partition coefficient (Wildman–Crippen LogP) is 1.78. The van der Waals surface area contributed by atoms with Gasteiger partial charge in [0.15, 0.2) is 0 Å². The van der Waals surface area contributed by atoms with Crippen LogP contribution in [-0.4, -0.2) is 56.9 Å². The van der Waals surface area contributed by atoms with E-state index in [0.29, 0.717) is 32.2 Å². The number of aliphatic hydroxyl groups is 1. The summed E-state index contributed by atoms with van der Waals surface area (Å²) in [5, 5.41) is 20.8. The number of hydrogen-bond donors (Lipinski definition) is 2. The van der Waals surface area contributed by atoms with Gasteiger partial charge in [-0.05, 0) is 30.2 Å². The van der Waals surface area contributed by atoms with Gasteiger partial charge in [-0.3, -0.25) is 4.79 Å². The molecule has 7 heteroatoms. The van der Waals surface area contributed by atoms with Gasteiger partial charge in [0.2, 0.25) is 0 Å². The topological polar surface area (TPSA) is 85.6 Å². The number of nitrogens with one attached hydrogen (secondary N) is 1. The molecule has 1 rings (SSSR count). The van der Waals surface area contributed by atoms with Crippen molar-refractivity contribution in [2.75, 3.05) is 50.7 Å². The lowest BCUT2D eigenvalue weighted by molar-refractivity contribution is -0.117. The highest BCUT2D eigenvalue weighted by atomic mass is 35.5. The molecule has 0 radical (unpaired) electrons.